The van der Waals surface area contributed by atoms with Gasteiger partial charge in [-0.2, -0.15) is 0 Å². The number of aliphatic hydroxyl groups is 1. The molecule has 0 radical (unpaired) electrons. The first-order chi connectivity index (χ1) is 45.5. The van der Waals surface area contributed by atoms with Gasteiger partial charge in [0.05, 0.1) is 26.4 Å². The van der Waals surface area contributed by atoms with E-state index < -0.39 is 97.5 Å². The maximum atomic E-state index is 13.1. The summed E-state index contributed by atoms with van der Waals surface area (Å²) in [4.78, 5) is 72.7. The van der Waals surface area contributed by atoms with Crippen LogP contribution in [-0.4, -0.2) is 96.7 Å². The molecule has 0 aromatic heterocycles. The van der Waals surface area contributed by atoms with Gasteiger partial charge in [-0.15, -0.1) is 0 Å². The zero-order valence-electron chi connectivity index (χ0n) is 60.6. The van der Waals surface area contributed by atoms with Crippen molar-refractivity contribution in [3.05, 3.63) is 24.3 Å². The van der Waals surface area contributed by atoms with E-state index in [4.69, 9.17) is 37.0 Å². The third-order valence-corrected chi connectivity index (χ3v) is 18.8. The molecule has 17 nitrogen and oxygen atoms in total. The highest BCUT2D eigenvalue weighted by Crippen LogP contribution is 2.45. The summed E-state index contributed by atoms with van der Waals surface area (Å²) in [5, 5.41) is 10.6. The Morgan fingerprint density at radius 2 is 0.574 bits per heavy atom. The summed E-state index contributed by atoms with van der Waals surface area (Å²) < 4.78 is 68.4. The molecular formula is C75H142O17P2. The van der Waals surface area contributed by atoms with Crippen LogP contribution in [0.2, 0.25) is 0 Å². The summed E-state index contributed by atoms with van der Waals surface area (Å²) >= 11 is 0. The number of hydrogen-bond donors (Lipinski definition) is 3. The van der Waals surface area contributed by atoms with Crippen molar-refractivity contribution in [2.45, 2.75) is 387 Å². The van der Waals surface area contributed by atoms with Crippen LogP contribution in [0.3, 0.4) is 0 Å². The molecule has 0 aliphatic heterocycles. The van der Waals surface area contributed by atoms with Crippen LogP contribution < -0.4 is 0 Å². The zero-order chi connectivity index (χ0) is 69.1. The molecule has 554 valence electrons. The molecule has 0 rings (SSSR count). The van der Waals surface area contributed by atoms with E-state index in [1.54, 1.807) is 0 Å². The van der Waals surface area contributed by atoms with Crippen LogP contribution in [0, 0.1) is 5.92 Å². The third kappa shape index (κ3) is 68.1. The summed E-state index contributed by atoms with van der Waals surface area (Å²) in [5.41, 5.74) is 0. The number of unbranched alkanes of at least 4 members (excludes halogenated alkanes) is 42. The van der Waals surface area contributed by atoms with Crippen LogP contribution in [0.25, 0.3) is 0 Å². The molecule has 0 saturated heterocycles. The number of phosphoric ester groups is 2. The number of hydrogen-bond acceptors (Lipinski definition) is 15. The number of ether oxygens (including phenoxy) is 4. The van der Waals surface area contributed by atoms with Crippen molar-refractivity contribution in [2.24, 2.45) is 5.92 Å². The number of esters is 4. The lowest BCUT2D eigenvalue weighted by Crippen LogP contribution is -2.30. The van der Waals surface area contributed by atoms with E-state index in [0.717, 1.165) is 115 Å². The lowest BCUT2D eigenvalue weighted by molar-refractivity contribution is -0.161. The predicted octanol–water partition coefficient (Wildman–Crippen LogP) is 21.6. The third-order valence-electron chi connectivity index (χ3n) is 16.9. The van der Waals surface area contributed by atoms with Crippen molar-refractivity contribution in [3.8, 4) is 0 Å². The minimum absolute atomic E-state index is 0.102. The average Bonchev–Trinajstić information content (AvgIpc) is 1.20. The van der Waals surface area contributed by atoms with Gasteiger partial charge in [-0.1, -0.05) is 316 Å². The molecule has 0 fully saturated rings. The fourth-order valence-corrected chi connectivity index (χ4v) is 12.6. The van der Waals surface area contributed by atoms with Crippen LogP contribution in [0.15, 0.2) is 24.3 Å². The standard InChI is InChI=1S/C75H142O17P2/c1-6-9-12-15-18-21-23-25-27-29-31-35-40-45-50-55-60-74(79)92-71(65-86-73(78)59-54-49-44-39-34-30-28-26-24-22-19-16-13-10-7-2)67-90-94(83,84)88-63-69(76)62-87-93(81,82)89-66-70(64-85-72(77)58-53-48-43-37-20-17-14-11-8-3)91-75(80)61-56-51-46-41-36-32-33-38-42-47-52-57-68(4)5/h22,24,26,28,68-71,76H,6-21,23,25,27,29-67H2,1-5H3,(H,81,82)(H,83,84)/b24-22-,28-26-/t69-,70+,71+/m0/s1. The van der Waals surface area contributed by atoms with E-state index in [2.05, 4.69) is 58.9 Å². The van der Waals surface area contributed by atoms with Gasteiger partial charge in [0.2, 0.25) is 0 Å². The highest BCUT2D eigenvalue weighted by atomic mass is 31.2. The SMILES string of the molecule is CCCCCC/C=C\C=C/CCCCCCCC(=O)OC[C@H](COP(=O)(O)OC[C@@H](O)COP(=O)(O)OC[C@@H](COC(=O)CCCCCCCCCCC)OC(=O)CCCCCCCCCCCCCC(C)C)OC(=O)CCCCCCCCCCCCCCCCCC. The summed E-state index contributed by atoms with van der Waals surface area (Å²) in [5.74, 6) is -1.38. The van der Waals surface area contributed by atoms with Gasteiger partial charge in [0, 0.05) is 25.7 Å². The molecule has 0 saturated carbocycles. The average molecular weight is 1380 g/mol. The van der Waals surface area contributed by atoms with Crippen LogP contribution in [-0.2, 0) is 65.4 Å². The predicted molar refractivity (Wildman–Crippen MR) is 381 cm³/mol. The molecule has 2 unspecified atom stereocenters. The van der Waals surface area contributed by atoms with Gasteiger partial charge >= 0.3 is 39.5 Å². The molecule has 0 aromatic carbocycles. The van der Waals surface area contributed by atoms with Gasteiger partial charge in [0.1, 0.15) is 19.3 Å². The summed E-state index contributed by atoms with van der Waals surface area (Å²) in [7, 11) is -9.92. The Balaban J connectivity index is 5.27. The van der Waals surface area contributed by atoms with E-state index in [1.165, 1.54) is 173 Å². The van der Waals surface area contributed by atoms with Crippen molar-refractivity contribution in [3.63, 3.8) is 0 Å². The fourth-order valence-electron chi connectivity index (χ4n) is 11.0. The Morgan fingerprint density at radius 3 is 0.872 bits per heavy atom. The van der Waals surface area contributed by atoms with Gasteiger partial charge in [0.25, 0.3) is 0 Å². The Labute approximate surface area is 573 Å². The quantitative estimate of drug-likeness (QED) is 0.0169. The van der Waals surface area contributed by atoms with Crippen LogP contribution in [0.1, 0.15) is 369 Å². The van der Waals surface area contributed by atoms with Crippen LogP contribution in [0.5, 0.6) is 0 Å². The number of rotatable bonds is 73. The maximum absolute atomic E-state index is 13.1. The molecule has 5 atom stereocenters. The number of aliphatic hydroxyl groups excluding tert-OH is 1. The van der Waals surface area contributed by atoms with Gasteiger partial charge < -0.3 is 33.8 Å². The van der Waals surface area contributed by atoms with E-state index >= 15 is 0 Å². The number of carbonyl (C=O) groups is 4. The summed E-state index contributed by atoms with van der Waals surface area (Å²) in [6, 6.07) is 0. The topological polar surface area (TPSA) is 237 Å². The Morgan fingerprint density at radius 1 is 0.330 bits per heavy atom. The zero-order valence-corrected chi connectivity index (χ0v) is 62.4. The Kier molecular flexibility index (Phi) is 65.9. The van der Waals surface area contributed by atoms with Crippen molar-refractivity contribution in [1.82, 2.24) is 0 Å². The van der Waals surface area contributed by atoms with Crippen molar-refractivity contribution < 1.29 is 80.2 Å². The second-order valence-corrected chi connectivity index (χ2v) is 29.7. The minimum Gasteiger partial charge on any atom is -0.462 e. The monoisotopic (exact) mass is 1380 g/mol. The second-order valence-electron chi connectivity index (χ2n) is 26.8. The van der Waals surface area contributed by atoms with Crippen molar-refractivity contribution in [2.75, 3.05) is 39.6 Å². The minimum atomic E-state index is -4.96. The number of allylic oxidation sites excluding steroid dienone is 4. The molecule has 0 bridgehead atoms. The summed E-state index contributed by atoms with van der Waals surface area (Å²) in [6.45, 7) is 7.21. The Bertz CT molecular complexity index is 1900. The molecule has 0 amide bonds. The van der Waals surface area contributed by atoms with Crippen LogP contribution in [0.4, 0.5) is 0 Å². The van der Waals surface area contributed by atoms with Gasteiger partial charge in [-0.3, -0.25) is 37.3 Å². The lowest BCUT2D eigenvalue weighted by Gasteiger charge is -2.21. The molecule has 0 heterocycles. The molecule has 0 aliphatic rings. The highest BCUT2D eigenvalue weighted by Gasteiger charge is 2.30. The largest absolute Gasteiger partial charge is 0.472 e. The highest BCUT2D eigenvalue weighted by molar-refractivity contribution is 7.47. The van der Waals surface area contributed by atoms with Gasteiger partial charge in [-0.25, -0.2) is 9.13 Å². The lowest BCUT2D eigenvalue weighted by atomic mass is 10.0. The molecule has 94 heavy (non-hydrogen) atoms. The molecule has 3 N–H and O–H groups in total. The van der Waals surface area contributed by atoms with Crippen molar-refractivity contribution >= 4 is 39.5 Å². The van der Waals surface area contributed by atoms with Crippen molar-refractivity contribution in [1.29, 1.82) is 0 Å². The molecule has 0 aromatic rings. The second kappa shape index (κ2) is 67.7. The van der Waals surface area contributed by atoms with E-state index in [1.807, 2.05) is 0 Å². The van der Waals surface area contributed by atoms with E-state index in [0.29, 0.717) is 25.7 Å². The molecule has 0 spiro atoms. The van der Waals surface area contributed by atoms with Gasteiger partial charge in [0.15, 0.2) is 12.2 Å². The first kappa shape index (κ1) is 91.5. The smallest absolute Gasteiger partial charge is 0.462 e. The summed E-state index contributed by atoms with van der Waals surface area (Å²) in [6.07, 6.45) is 59.0. The first-order valence-electron chi connectivity index (χ1n) is 38.5. The first-order valence-corrected chi connectivity index (χ1v) is 41.4. The van der Waals surface area contributed by atoms with E-state index in [9.17, 15) is 43.2 Å². The molecule has 0 aliphatic carbocycles. The molecule has 19 heteroatoms. The maximum Gasteiger partial charge on any atom is 0.472 e. The van der Waals surface area contributed by atoms with Gasteiger partial charge in [-0.05, 0) is 57.3 Å². The fraction of sp³-hybridized carbons (Fsp3) is 0.893. The normalized spacial score (nSPS) is 14.1. The molecular weight excluding hydrogens is 1230 g/mol. The van der Waals surface area contributed by atoms with Crippen LogP contribution >= 0.6 is 15.6 Å². The number of carbonyl (C=O) groups excluding carboxylic acids is 4. The van der Waals surface area contributed by atoms with E-state index in [-0.39, 0.29) is 25.7 Å². The number of phosphoric acid groups is 2. The Hall–Kier alpha value is -2.46.